The van der Waals surface area contributed by atoms with Gasteiger partial charge in [0.05, 0.1) is 6.61 Å². The number of hydrogen-bond donors (Lipinski definition) is 2. The molecule has 0 aromatic rings. The zero-order chi connectivity index (χ0) is 12.4. The van der Waals surface area contributed by atoms with Crippen LogP contribution in [-0.4, -0.2) is 39.9 Å². The van der Waals surface area contributed by atoms with E-state index in [9.17, 15) is 0 Å². The summed E-state index contributed by atoms with van der Waals surface area (Å²) in [5, 5.41) is 6.98. The van der Waals surface area contributed by atoms with Crippen LogP contribution in [0.4, 0.5) is 0 Å². The van der Waals surface area contributed by atoms with Crippen molar-refractivity contribution in [2.45, 2.75) is 45.4 Å². The van der Waals surface area contributed by atoms with Crippen LogP contribution in [0.25, 0.3) is 0 Å². The Morgan fingerprint density at radius 3 is 2.41 bits per heavy atom. The third kappa shape index (κ3) is 7.02. The summed E-state index contributed by atoms with van der Waals surface area (Å²) in [5.41, 5.74) is 0.571. The van der Waals surface area contributed by atoms with E-state index >= 15 is 0 Å². The fraction of sp³-hybridized carbons (Fsp3) is 1.00. The normalized spacial score (nSPS) is 19.4. The van der Waals surface area contributed by atoms with Gasteiger partial charge in [-0.25, -0.2) is 0 Å². The van der Waals surface area contributed by atoms with Crippen molar-refractivity contribution in [2.24, 2.45) is 5.41 Å². The molecule has 2 N–H and O–H groups in total. The SMILES string of the molecule is COCCNCCCNCC1(C)CCCCC1. The fourth-order valence-corrected chi connectivity index (χ4v) is 2.61. The summed E-state index contributed by atoms with van der Waals surface area (Å²) in [6.45, 7) is 7.64. The van der Waals surface area contributed by atoms with Crippen LogP contribution in [0.1, 0.15) is 45.4 Å². The number of hydrogen-bond acceptors (Lipinski definition) is 3. The van der Waals surface area contributed by atoms with Gasteiger partial charge >= 0.3 is 0 Å². The standard InChI is InChI=1S/C14H30N2O/c1-14(7-4-3-5-8-14)13-16-10-6-9-15-11-12-17-2/h15-16H,3-13H2,1-2H3. The minimum absolute atomic E-state index is 0.571. The van der Waals surface area contributed by atoms with Gasteiger partial charge in [0.1, 0.15) is 0 Å². The molecule has 0 unspecified atom stereocenters. The Balaban J connectivity index is 1.89. The highest BCUT2D eigenvalue weighted by Gasteiger charge is 2.25. The highest BCUT2D eigenvalue weighted by atomic mass is 16.5. The van der Waals surface area contributed by atoms with Gasteiger partial charge in [-0.1, -0.05) is 26.2 Å². The maximum atomic E-state index is 4.98. The molecule has 3 heteroatoms. The first-order chi connectivity index (χ1) is 8.27. The van der Waals surface area contributed by atoms with Crippen molar-refractivity contribution in [3.05, 3.63) is 0 Å². The Hall–Kier alpha value is -0.120. The van der Waals surface area contributed by atoms with E-state index in [4.69, 9.17) is 4.74 Å². The highest BCUT2D eigenvalue weighted by molar-refractivity contribution is 4.80. The molecule has 0 aromatic carbocycles. The molecule has 0 aliphatic heterocycles. The molecule has 102 valence electrons. The second-order valence-electron chi connectivity index (χ2n) is 5.64. The van der Waals surface area contributed by atoms with Gasteiger partial charge in [-0.3, -0.25) is 0 Å². The van der Waals surface area contributed by atoms with Crippen molar-refractivity contribution >= 4 is 0 Å². The zero-order valence-corrected chi connectivity index (χ0v) is 11.7. The van der Waals surface area contributed by atoms with Crippen LogP contribution in [0.3, 0.4) is 0 Å². The lowest BCUT2D eigenvalue weighted by molar-refractivity contribution is 0.198. The summed E-state index contributed by atoms with van der Waals surface area (Å²) < 4.78 is 4.98. The van der Waals surface area contributed by atoms with Crippen molar-refractivity contribution in [3.63, 3.8) is 0 Å². The van der Waals surface area contributed by atoms with Gasteiger partial charge in [-0.15, -0.1) is 0 Å². The molecule has 0 heterocycles. The van der Waals surface area contributed by atoms with Gasteiger partial charge in [-0.05, 0) is 37.8 Å². The number of nitrogens with one attached hydrogen (secondary N) is 2. The second kappa shape index (κ2) is 8.90. The van der Waals surface area contributed by atoms with Gasteiger partial charge < -0.3 is 15.4 Å². The molecule has 0 bridgehead atoms. The molecule has 1 aliphatic carbocycles. The minimum atomic E-state index is 0.571. The molecule has 1 saturated carbocycles. The van der Waals surface area contributed by atoms with Gasteiger partial charge in [-0.2, -0.15) is 0 Å². The van der Waals surface area contributed by atoms with Crippen LogP contribution >= 0.6 is 0 Å². The van der Waals surface area contributed by atoms with Gasteiger partial charge in [0.2, 0.25) is 0 Å². The van der Waals surface area contributed by atoms with E-state index < -0.39 is 0 Å². The summed E-state index contributed by atoms with van der Waals surface area (Å²) in [6, 6.07) is 0. The van der Waals surface area contributed by atoms with Crippen LogP contribution < -0.4 is 10.6 Å². The topological polar surface area (TPSA) is 33.3 Å². The lowest BCUT2D eigenvalue weighted by atomic mass is 9.76. The quantitative estimate of drug-likeness (QED) is 0.608. The van der Waals surface area contributed by atoms with Gasteiger partial charge in [0.25, 0.3) is 0 Å². The Bertz CT molecular complexity index is 179. The lowest BCUT2D eigenvalue weighted by Gasteiger charge is -2.33. The largest absolute Gasteiger partial charge is 0.383 e. The Morgan fingerprint density at radius 2 is 1.71 bits per heavy atom. The van der Waals surface area contributed by atoms with Crippen LogP contribution in [0, 0.1) is 5.41 Å². The summed E-state index contributed by atoms with van der Waals surface area (Å²) in [4.78, 5) is 0. The fourth-order valence-electron chi connectivity index (χ4n) is 2.61. The van der Waals surface area contributed by atoms with E-state index in [0.717, 1.165) is 26.2 Å². The molecule has 0 saturated heterocycles. The summed E-state index contributed by atoms with van der Waals surface area (Å²) in [5.74, 6) is 0. The lowest BCUT2D eigenvalue weighted by Crippen LogP contribution is -2.35. The van der Waals surface area contributed by atoms with E-state index in [1.54, 1.807) is 7.11 Å². The van der Waals surface area contributed by atoms with E-state index in [1.165, 1.54) is 45.1 Å². The molecular weight excluding hydrogens is 212 g/mol. The molecule has 0 radical (unpaired) electrons. The summed E-state index contributed by atoms with van der Waals surface area (Å²) in [7, 11) is 1.74. The molecule has 0 spiro atoms. The van der Waals surface area contributed by atoms with E-state index in [2.05, 4.69) is 17.6 Å². The smallest absolute Gasteiger partial charge is 0.0587 e. The predicted molar refractivity (Wildman–Crippen MR) is 73.4 cm³/mol. The molecule has 0 atom stereocenters. The molecule has 1 rings (SSSR count). The molecule has 0 amide bonds. The van der Waals surface area contributed by atoms with Crippen molar-refractivity contribution in [1.82, 2.24) is 10.6 Å². The molecular formula is C14H30N2O. The number of rotatable bonds is 9. The average Bonchev–Trinajstić information content (AvgIpc) is 2.33. The second-order valence-corrected chi connectivity index (χ2v) is 5.64. The average molecular weight is 242 g/mol. The number of ether oxygens (including phenoxy) is 1. The van der Waals surface area contributed by atoms with Crippen LogP contribution in [0.2, 0.25) is 0 Å². The van der Waals surface area contributed by atoms with E-state index in [1.807, 2.05) is 0 Å². The summed E-state index contributed by atoms with van der Waals surface area (Å²) in [6.07, 6.45) is 8.32. The Kier molecular flexibility index (Phi) is 7.82. The maximum Gasteiger partial charge on any atom is 0.0587 e. The molecule has 0 aromatic heterocycles. The maximum absolute atomic E-state index is 4.98. The Labute approximate surface area is 107 Å². The van der Waals surface area contributed by atoms with Crippen LogP contribution in [0.5, 0.6) is 0 Å². The van der Waals surface area contributed by atoms with Gasteiger partial charge in [0.15, 0.2) is 0 Å². The summed E-state index contributed by atoms with van der Waals surface area (Å²) >= 11 is 0. The van der Waals surface area contributed by atoms with Crippen molar-refractivity contribution in [3.8, 4) is 0 Å². The molecule has 3 nitrogen and oxygen atoms in total. The van der Waals surface area contributed by atoms with Gasteiger partial charge in [0, 0.05) is 20.2 Å². The minimum Gasteiger partial charge on any atom is -0.383 e. The molecule has 17 heavy (non-hydrogen) atoms. The number of methoxy groups -OCH3 is 1. The van der Waals surface area contributed by atoms with Crippen molar-refractivity contribution in [1.29, 1.82) is 0 Å². The first-order valence-corrected chi connectivity index (χ1v) is 7.17. The first kappa shape index (κ1) is 14.9. The van der Waals surface area contributed by atoms with Crippen molar-refractivity contribution in [2.75, 3.05) is 39.9 Å². The van der Waals surface area contributed by atoms with E-state index in [-0.39, 0.29) is 0 Å². The molecule has 1 aliphatic rings. The third-order valence-corrected chi connectivity index (χ3v) is 3.80. The Morgan fingerprint density at radius 1 is 1.00 bits per heavy atom. The van der Waals surface area contributed by atoms with Crippen molar-refractivity contribution < 1.29 is 4.74 Å². The zero-order valence-electron chi connectivity index (χ0n) is 11.7. The van der Waals surface area contributed by atoms with E-state index in [0.29, 0.717) is 5.41 Å². The van der Waals surface area contributed by atoms with Crippen LogP contribution in [0.15, 0.2) is 0 Å². The molecule has 1 fully saturated rings. The highest BCUT2D eigenvalue weighted by Crippen LogP contribution is 2.34. The third-order valence-electron chi connectivity index (χ3n) is 3.80. The predicted octanol–water partition coefficient (Wildman–Crippen LogP) is 2.17. The monoisotopic (exact) mass is 242 g/mol. The first-order valence-electron chi connectivity index (χ1n) is 7.17. The van der Waals surface area contributed by atoms with Crippen LogP contribution in [-0.2, 0) is 4.74 Å².